The van der Waals surface area contributed by atoms with Gasteiger partial charge in [0.15, 0.2) is 11.4 Å². The number of rotatable bonds is 7. The fourth-order valence-corrected chi connectivity index (χ4v) is 4.95. The highest BCUT2D eigenvalue weighted by molar-refractivity contribution is 6.07. The number of fused-ring (bicyclic) bond motifs is 1. The lowest BCUT2D eigenvalue weighted by atomic mass is 9.87. The number of imide groups is 1. The van der Waals surface area contributed by atoms with Crippen LogP contribution in [0.25, 0.3) is 22.0 Å². The second kappa shape index (κ2) is 10.9. The number of hydrogen-bond acceptors (Lipinski definition) is 5. The van der Waals surface area contributed by atoms with Crippen molar-refractivity contribution in [1.29, 1.82) is 0 Å². The van der Waals surface area contributed by atoms with E-state index in [0.29, 0.717) is 16.7 Å². The summed E-state index contributed by atoms with van der Waals surface area (Å²) in [6.45, 7) is 5.65. The van der Waals surface area contributed by atoms with E-state index in [9.17, 15) is 14.7 Å². The van der Waals surface area contributed by atoms with Crippen molar-refractivity contribution in [1.82, 2.24) is 19.8 Å². The van der Waals surface area contributed by atoms with Gasteiger partial charge in [0.2, 0.25) is 0 Å². The van der Waals surface area contributed by atoms with Crippen molar-refractivity contribution in [2.24, 2.45) is 0 Å². The van der Waals surface area contributed by atoms with Crippen LogP contribution in [-0.4, -0.2) is 44.6 Å². The highest BCUT2D eigenvalue weighted by atomic mass is 16.5. The number of carbonyl (C=O) groups is 2. The predicted molar refractivity (Wildman–Crippen MR) is 152 cm³/mol. The first-order chi connectivity index (χ1) is 19.4. The van der Waals surface area contributed by atoms with Gasteiger partial charge < -0.3 is 14.4 Å². The predicted octanol–water partition coefficient (Wildman–Crippen LogP) is 4.59. The van der Waals surface area contributed by atoms with Crippen LogP contribution in [0.4, 0.5) is 4.79 Å². The van der Waals surface area contributed by atoms with Crippen LogP contribution in [-0.2, 0) is 16.9 Å². The Morgan fingerprint density at radius 1 is 1.02 bits per heavy atom. The Morgan fingerprint density at radius 3 is 2.52 bits per heavy atom. The topological polar surface area (TPSA) is 96.7 Å². The van der Waals surface area contributed by atoms with Gasteiger partial charge in [-0.3, -0.25) is 20.0 Å². The summed E-state index contributed by atoms with van der Waals surface area (Å²) in [5.41, 5.74) is 1.89. The number of hydrogen-bond donors (Lipinski definition) is 2. The number of ether oxygens (including phenoxy) is 1. The summed E-state index contributed by atoms with van der Waals surface area (Å²) in [4.78, 5) is 32.6. The molecule has 1 aliphatic heterocycles. The molecule has 200 valence electrons. The van der Waals surface area contributed by atoms with Gasteiger partial charge in [0.1, 0.15) is 12.4 Å². The molecule has 0 spiro atoms. The Labute approximate surface area is 232 Å². The molecule has 8 nitrogen and oxygen atoms in total. The molecule has 2 N–H and O–H groups in total. The normalized spacial score (nSPS) is 16.2. The molecule has 40 heavy (non-hydrogen) atoms. The zero-order chi connectivity index (χ0) is 28.3. The van der Waals surface area contributed by atoms with Crippen LogP contribution >= 0.6 is 0 Å². The van der Waals surface area contributed by atoms with Crippen LogP contribution in [0.15, 0.2) is 67.0 Å². The molecule has 1 fully saturated rings. The summed E-state index contributed by atoms with van der Waals surface area (Å²) in [6, 6.07) is 16.1. The number of aryl methyl sites for hydroxylation is 1. The minimum absolute atomic E-state index is 0.0317. The molecule has 0 aliphatic carbocycles. The molecule has 4 aromatic rings. The van der Waals surface area contributed by atoms with E-state index < -0.39 is 17.5 Å². The second-order valence-electron chi connectivity index (χ2n) is 9.47. The van der Waals surface area contributed by atoms with Gasteiger partial charge in [-0.2, -0.15) is 0 Å². The SMILES string of the molecule is CC#CCOc1ccc2cn(C[C@@]3(c4ccc(-c5cc(C)ccn5)cc4)C(=O)NC(=O)N3CC#CC)c(O)c2c1. The Bertz CT molecular complexity index is 1730. The smallest absolute Gasteiger partial charge is 0.326 e. The first-order valence-electron chi connectivity index (χ1n) is 12.8. The van der Waals surface area contributed by atoms with Crippen molar-refractivity contribution in [2.75, 3.05) is 13.2 Å². The number of urea groups is 1. The quantitative estimate of drug-likeness (QED) is 0.268. The van der Waals surface area contributed by atoms with E-state index >= 15 is 0 Å². The number of carbonyl (C=O) groups excluding carboxylic acids is 2. The first-order valence-corrected chi connectivity index (χ1v) is 12.8. The minimum atomic E-state index is -1.46. The van der Waals surface area contributed by atoms with Crippen molar-refractivity contribution >= 4 is 22.7 Å². The molecular weight excluding hydrogens is 504 g/mol. The lowest BCUT2D eigenvalue weighted by Crippen LogP contribution is -2.50. The Kier molecular flexibility index (Phi) is 7.18. The molecule has 3 amide bonds. The summed E-state index contributed by atoms with van der Waals surface area (Å²) in [5, 5.41) is 15.0. The van der Waals surface area contributed by atoms with E-state index in [1.807, 2.05) is 49.4 Å². The molecule has 0 unspecified atom stereocenters. The zero-order valence-electron chi connectivity index (χ0n) is 22.5. The Hall–Kier alpha value is -5.21. The minimum Gasteiger partial charge on any atom is -0.494 e. The maximum absolute atomic E-state index is 13.6. The number of nitrogens with zero attached hydrogens (tertiary/aromatic N) is 3. The Balaban J connectivity index is 1.59. The molecule has 1 atom stereocenters. The van der Waals surface area contributed by atoms with Crippen molar-refractivity contribution < 1.29 is 19.4 Å². The maximum Gasteiger partial charge on any atom is 0.326 e. The van der Waals surface area contributed by atoms with Crippen molar-refractivity contribution in [3.05, 3.63) is 78.1 Å². The number of aromatic nitrogens is 2. The number of benzene rings is 2. The van der Waals surface area contributed by atoms with Crippen LogP contribution in [0.5, 0.6) is 11.6 Å². The summed E-state index contributed by atoms with van der Waals surface area (Å²) < 4.78 is 7.24. The highest BCUT2D eigenvalue weighted by Crippen LogP contribution is 2.39. The van der Waals surface area contributed by atoms with Gasteiger partial charge in [-0.15, -0.1) is 11.8 Å². The zero-order valence-corrected chi connectivity index (χ0v) is 22.5. The molecule has 0 bridgehead atoms. The number of amides is 3. The third-order valence-corrected chi connectivity index (χ3v) is 7.01. The summed E-state index contributed by atoms with van der Waals surface area (Å²) in [6.07, 6.45) is 3.51. The molecule has 5 rings (SSSR count). The van der Waals surface area contributed by atoms with Gasteiger partial charge >= 0.3 is 6.03 Å². The van der Waals surface area contributed by atoms with Gasteiger partial charge in [-0.05, 0) is 62.2 Å². The van der Waals surface area contributed by atoms with Crippen LogP contribution < -0.4 is 10.1 Å². The second-order valence-corrected chi connectivity index (χ2v) is 9.47. The molecule has 1 aliphatic rings. The summed E-state index contributed by atoms with van der Waals surface area (Å²) >= 11 is 0. The molecular formula is C32H28N4O4. The van der Waals surface area contributed by atoms with Gasteiger partial charge in [-0.1, -0.05) is 36.1 Å². The molecule has 2 aromatic heterocycles. The van der Waals surface area contributed by atoms with Gasteiger partial charge in [-0.25, -0.2) is 4.79 Å². The lowest BCUT2D eigenvalue weighted by molar-refractivity contribution is -0.127. The lowest BCUT2D eigenvalue weighted by Gasteiger charge is -2.35. The van der Waals surface area contributed by atoms with Gasteiger partial charge in [0.05, 0.1) is 18.8 Å². The van der Waals surface area contributed by atoms with E-state index in [0.717, 1.165) is 22.2 Å². The van der Waals surface area contributed by atoms with Crippen LogP contribution in [0.1, 0.15) is 25.0 Å². The number of nitrogens with one attached hydrogen (secondary N) is 1. The third kappa shape index (κ3) is 4.72. The standard InChI is InChI=1S/C32H28N4O4/c1-4-6-16-36-31(39)34-30(38)32(36,25-11-8-23(9-12-25)28-18-22(3)14-15-33-28)21-35-20-24-10-13-26(40-17-7-5-2)19-27(24)29(35)37/h8-15,18-20,37H,16-17,21H2,1-3H3,(H,34,38,39)/t32-/m1/s1. The average Bonchev–Trinajstić information content (AvgIpc) is 3.39. The molecule has 2 aromatic carbocycles. The molecule has 1 saturated heterocycles. The first kappa shape index (κ1) is 26.4. The van der Waals surface area contributed by atoms with Crippen molar-refractivity contribution in [3.8, 4) is 46.6 Å². The van der Waals surface area contributed by atoms with Crippen LogP contribution in [0.3, 0.4) is 0 Å². The monoisotopic (exact) mass is 532 g/mol. The fraction of sp³-hybridized carbons (Fsp3) is 0.219. The summed E-state index contributed by atoms with van der Waals surface area (Å²) in [5.74, 6) is 11.4. The summed E-state index contributed by atoms with van der Waals surface area (Å²) in [7, 11) is 0. The van der Waals surface area contributed by atoms with E-state index in [-0.39, 0.29) is 25.6 Å². The largest absolute Gasteiger partial charge is 0.494 e. The van der Waals surface area contributed by atoms with Crippen LogP contribution in [0.2, 0.25) is 0 Å². The molecule has 8 heteroatoms. The van der Waals surface area contributed by atoms with E-state index in [1.54, 1.807) is 42.9 Å². The van der Waals surface area contributed by atoms with E-state index in [2.05, 4.69) is 34.0 Å². The van der Waals surface area contributed by atoms with Gasteiger partial charge in [0.25, 0.3) is 5.91 Å². The molecule has 3 heterocycles. The van der Waals surface area contributed by atoms with Gasteiger partial charge in [0, 0.05) is 28.7 Å². The number of aromatic hydroxyl groups is 1. The van der Waals surface area contributed by atoms with Crippen molar-refractivity contribution in [2.45, 2.75) is 32.9 Å². The highest BCUT2D eigenvalue weighted by Gasteiger charge is 2.54. The van der Waals surface area contributed by atoms with Crippen molar-refractivity contribution in [3.63, 3.8) is 0 Å². The fourth-order valence-electron chi connectivity index (χ4n) is 4.95. The molecule has 0 radical (unpaired) electrons. The Morgan fingerprint density at radius 2 is 1.80 bits per heavy atom. The van der Waals surface area contributed by atoms with Crippen LogP contribution in [0, 0.1) is 30.6 Å². The van der Waals surface area contributed by atoms with E-state index in [4.69, 9.17) is 4.74 Å². The van der Waals surface area contributed by atoms with E-state index in [1.165, 1.54) is 4.90 Å². The molecule has 0 saturated carbocycles. The third-order valence-electron chi connectivity index (χ3n) is 7.01. The number of pyridine rings is 1. The average molecular weight is 533 g/mol. The maximum atomic E-state index is 13.6.